The quantitative estimate of drug-likeness (QED) is 0.268. The molecule has 162 valence electrons. The molecule has 1 heterocycles. The summed E-state index contributed by atoms with van der Waals surface area (Å²) >= 11 is 4.75. The van der Waals surface area contributed by atoms with Crippen LogP contribution in [0, 0.1) is 0 Å². The Morgan fingerprint density at radius 1 is 1.13 bits per heavy atom. The third-order valence-electron chi connectivity index (χ3n) is 4.69. The lowest BCUT2D eigenvalue weighted by molar-refractivity contribution is -0.118. The van der Waals surface area contributed by atoms with Gasteiger partial charge in [0.15, 0.2) is 11.0 Å². The standard InChI is InChI=1S/C22H25BrN6OS/c1-4-29(5-2)19-12-6-16(7-13-19)14-24-25-20(30)15-31-22-27-26-21(28(22)3)17-8-10-18(23)11-9-17/h6-14H,4-5,15H2,1-3H3,(H,25,30). The van der Waals surface area contributed by atoms with Crippen LogP contribution in [0.5, 0.6) is 0 Å². The van der Waals surface area contributed by atoms with Gasteiger partial charge in [-0.25, -0.2) is 5.43 Å². The van der Waals surface area contributed by atoms with Gasteiger partial charge in [0, 0.05) is 35.9 Å². The van der Waals surface area contributed by atoms with Crippen molar-refractivity contribution < 1.29 is 4.79 Å². The third kappa shape index (κ3) is 6.18. The van der Waals surface area contributed by atoms with Crippen LogP contribution in [-0.4, -0.2) is 45.7 Å². The van der Waals surface area contributed by atoms with E-state index in [1.807, 2.05) is 48.0 Å². The highest BCUT2D eigenvalue weighted by atomic mass is 79.9. The van der Waals surface area contributed by atoms with Crippen molar-refractivity contribution in [2.45, 2.75) is 19.0 Å². The van der Waals surface area contributed by atoms with Crippen LogP contribution in [0.2, 0.25) is 0 Å². The molecule has 1 aromatic heterocycles. The number of rotatable bonds is 9. The van der Waals surface area contributed by atoms with Crippen molar-refractivity contribution in [1.29, 1.82) is 0 Å². The topological polar surface area (TPSA) is 75.4 Å². The molecule has 31 heavy (non-hydrogen) atoms. The third-order valence-corrected chi connectivity index (χ3v) is 6.24. The Bertz CT molecular complexity index is 1030. The maximum Gasteiger partial charge on any atom is 0.250 e. The molecule has 0 aliphatic heterocycles. The maximum absolute atomic E-state index is 12.1. The zero-order valence-electron chi connectivity index (χ0n) is 17.7. The number of thioether (sulfide) groups is 1. The Kier molecular flexibility index (Phi) is 8.25. The van der Waals surface area contributed by atoms with Gasteiger partial charge in [-0.1, -0.05) is 52.0 Å². The van der Waals surface area contributed by atoms with Gasteiger partial charge in [0.2, 0.25) is 0 Å². The molecule has 0 radical (unpaired) electrons. The molecule has 0 saturated carbocycles. The molecule has 0 unspecified atom stereocenters. The molecule has 0 spiro atoms. The fourth-order valence-electron chi connectivity index (χ4n) is 2.99. The summed E-state index contributed by atoms with van der Waals surface area (Å²) in [7, 11) is 1.89. The number of carbonyl (C=O) groups excluding carboxylic acids is 1. The van der Waals surface area contributed by atoms with Gasteiger partial charge >= 0.3 is 0 Å². The SMILES string of the molecule is CCN(CC)c1ccc(C=NNC(=O)CSc2nnc(-c3ccc(Br)cc3)n2C)cc1. The minimum Gasteiger partial charge on any atom is -0.372 e. The van der Waals surface area contributed by atoms with E-state index in [2.05, 4.69) is 67.5 Å². The Hall–Kier alpha value is -2.65. The summed E-state index contributed by atoms with van der Waals surface area (Å²) in [5.41, 5.74) is 5.63. The number of hydrazone groups is 1. The van der Waals surface area contributed by atoms with E-state index < -0.39 is 0 Å². The number of nitrogens with zero attached hydrogens (tertiary/aromatic N) is 5. The summed E-state index contributed by atoms with van der Waals surface area (Å²) in [5.74, 6) is 0.751. The van der Waals surface area contributed by atoms with E-state index >= 15 is 0 Å². The van der Waals surface area contributed by atoms with Gasteiger partial charge in [-0.15, -0.1) is 10.2 Å². The summed E-state index contributed by atoms with van der Waals surface area (Å²) in [6.45, 7) is 6.20. The van der Waals surface area contributed by atoms with Crippen molar-refractivity contribution in [3.63, 3.8) is 0 Å². The number of carbonyl (C=O) groups is 1. The fraction of sp³-hybridized carbons (Fsp3) is 0.273. The fourth-order valence-corrected chi connectivity index (χ4v) is 3.96. The molecule has 9 heteroatoms. The molecule has 7 nitrogen and oxygen atoms in total. The second-order valence-electron chi connectivity index (χ2n) is 6.72. The molecule has 0 fully saturated rings. The number of anilines is 1. The lowest BCUT2D eigenvalue weighted by atomic mass is 10.2. The maximum atomic E-state index is 12.1. The molecule has 1 N–H and O–H groups in total. The molecule has 0 atom stereocenters. The lowest BCUT2D eigenvalue weighted by Crippen LogP contribution is -2.21. The van der Waals surface area contributed by atoms with Gasteiger partial charge < -0.3 is 9.47 Å². The molecule has 3 rings (SSSR count). The van der Waals surface area contributed by atoms with Crippen LogP contribution in [0.15, 0.2) is 63.3 Å². The van der Waals surface area contributed by atoms with Crippen molar-refractivity contribution in [2.75, 3.05) is 23.7 Å². The summed E-state index contributed by atoms with van der Waals surface area (Å²) in [4.78, 5) is 14.4. The summed E-state index contributed by atoms with van der Waals surface area (Å²) < 4.78 is 2.88. The largest absolute Gasteiger partial charge is 0.372 e. The van der Waals surface area contributed by atoms with E-state index in [0.717, 1.165) is 34.5 Å². The van der Waals surface area contributed by atoms with E-state index in [-0.39, 0.29) is 11.7 Å². The lowest BCUT2D eigenvalue weighted by Gasteiger charge is -2.20. The molecule has 3 aromatic rings. The first-order chi connectivity index (χ1) is 15.0. The van der Waals surface area contributed by atoms with Gasteiger partial charge in [-0.2, -0.15) is 5.10 Å². The van der Waals surface area contributed by atoms with Gasteiger partial charge in [0.05, 0.1) is 12.0 Å². The number of nitrogens with one attached hydrogen (secondary N) is 1. The molecule has 0 saturated heterocycles. The molecular formula is C22H25BrN6OS. The highest BCUT2D eigenvalue weighted by Gasteiger charge is 2.12. The summed E-state index contributed by atoms with van der Waals surface area (Å²) in [6, 6.07) is 15.9. The van der Waals surface area contributed by atoms with Gasteiger partial charge in [0.1, 0.15) is 0 Å². The van der Waals surface area contributed by atoms with Crippen LogP contribution < -0.4 is 10.3 Å². The highest BCUT2D eigenvalue weighted by molar-refractivity contribution is 9.10. The molecule has 2 aromatic carbocycles. The van der Waals surface area contributed by atoms with E-state index in [4.69, 9.17) is 0 Å². The molecule has 1 amide bonds. The van der Waals surface area contributed by atoms with E-state index in [9.17, 15) is 4.79 Å². The number of amides is 1. The van der Waals surface area contributed by atoms with Crippen LogP contribution in [-0.2, 0) is 11.8 Å². The van der Waals surface area contributed by atoms with Gasteiger partial charge in [0.25, 0.3) is 5.91 Å². The van der Waals surface area contributed by atoms with E-state index in [1.165, 1.54) is 17.4 Å². The molecular weight excluding hydrogens is 476 g/mol. The smallest absolute Gasteiger partial charge is 0.250 e. The second-order valence-corrected chi connectivity index (χ2v) is 8.58. The van der Waals surface area contributed by atoms with Crippen molar-refractivity contribution in [2.24, 2.45) is 12.1 Å². The molecule has 0 bridgehead atoms. The predicted octanol–water partition coefficient (Wildman–Crippen LogP) is 4.33. The van der Waals surface area contributed by atoms with E-state index in [0.29, 0.717) is 5.16 Å². The van der Waals surface area contributed by atoms with Crippen molar-refractivity contribution in [1.82, 2.24) is 20.2 Å². The second kappa shape index (κ2) is 11.1. The van der Waals surface area contributed by atoms with Crippen LogP contribution in [0.4, 0.5) is 5.69 Å². The number of hydrogen-bond acceptors (Lipinski definition) is 6. The van der Waals surface area contributed by atoms with Crippen molar-refractivity contribution in [3.8, 4) is 11.4 Å². The highest BCUT2D eigenvalue weighted by Crippen LogP contribution is 2.23. The summed E-state index contributed by atoms with van der Waals surface area (Å²) in [5, 5.41) is 13.2. The average Bonchev–Trinajstić information content (AvgIpc) is 3.15. The zero-order valence-corrected chi connectivity index (χ0v) is 20.2. The van der Waals surface area contributed by atoms with Gasteiger partial charge in [-0.05, 0) is 43.7 Å². The van der Waals surface area contributed by atoms with Gasteiger partial charge in [-0.3, -0.25) is 4.79 Å². The molecule has 0 aliphatic carbocycles. The average molecular weight is 501 g/mol. The minimum absolute atomic E-state index is 0.199. The Morgan fingerprint density at radius 3 is 2.45 bits per heavy atom. The minimum atomic E-state index is -0.200. The Balaban J connectivity index is 1.51. The number of hydrogen-bond donors (Lipinski definition) is 1. The first-order valence-corrected chi connectivity index (χ1v) is 11.7. The Labute approximate surface area is 195 Å². The number of halogens is 1. The van der Waals surface area contributed by atoms with Crippen LogP contribution in [0.1, 0.15) is 19.4 Å². The normalized spacial score (nSPS) is 11.1. The summed E-state index contributed by atoms with van der Waals surface area (Å²) in [6.07, 6.45) is 1.64. The first kappa shape index (κ1) is 23.0. The van der Waals surface area contributed by atoms with Crippen molar-refractivity contribution in [3.05, 3.63) is 58.6 Å². The first-order valence-electron chi connectivity index (χ1n) is 9.96. The monoisotopic (exact) mass is 500 g/mol. The number of benzene rings is 2. The van der Waals surface area contributed by atoms with Crippen LogP contribution in [0.25, 0.3) is 11.4 Å². The van der Waals surface area contributed by atoms with Crippen LogP contribution >= 0.6 is 27.7 Å². The number of aromatic nitrogens is 3. The molecule has 0 aliphatic rings. The van der Waals surface area contributed by atoms with Crippen LogP contribution in [0.3, 0.4) is 0 Å². The van der Waals surface area contributed by atoms with E-state index in [1.54, 1.807) is 6.21 Å². The van der Waals surface area contributed by atoms with Crippen molar-refractivity contribution >= 4 is 45.5 Å². The predicted molar refractivity (Wildman–Crippen MR) is 131 cm³/mol. The Morgan fingerprint density at radius 2 is 1.81 bits per heavy atom. The zero-order chi connectivity index (χ0) is 22.2.